The summed E-state index contributed by atoms with van der Waals surface area (Å²) in [5.74, 6) is 4.66. The largest absolute Gasteiger partial charge is 0.606 e. The van der Waals surface area contributed by atoms with Crippen molar-refractivity contribution in [3.05, 3.63) is 72.8 Å². The fraction of sp³-hybridized carbons (Fsp3) is 0.357. The molecule has 0 N–H and O–H groups in total. The Balaban J connectivity index is 1.64. The van der Waals surface area contributed by atoms with E-state index in [-0.39, 0.29) is 11.9 Å². The number of ether oxygens (including phenoxy) is 2. The number of thioether (sulfide) groups is 4. The van der Waals surface area contributed by atoms with Crippen LogP contribution in [-0.4, -0.2) is 64.2 Å². The van der Waals surface area contributed by atoms with Crippen LogP contribution in [0.2, 0.25) is 0 Å². The van der Waals surface area contributed by atoms with E-state index in [0.29, 0.717) is 24.4 Å². The van der Waals surface area contributed by atoms with Gasteiger partial charge in [-0.05, 0) is 62.4 Å². The van der Waals surface area contributed by atoms with Crippen molar-refractivity contribution in [3.63, 3.8) is 0 Å². The highest BCUT2D eigenvalue weighted by molar-refractivity contribution is 8.03. The molecule has 0 bridgehead atoms. The zero-order valence-electron chi connectivity index (χ0n) is 21.8. The molecule has 0 amide bonds. The third-order valence-electron chi connectivity index (χ3n) is 4.69. The van der Waals surface area contributed by atoms with Crippen LogP contribution < -0.4 is 0 Å². The van der Waals surface area contributed by atoms with Gasteiger partial charge in [0.1, 0.15) is 13.2 Å². The molecule has 2 aromatic carbocycles. The number of carbonyl (C=O) groups is 2. The van der Waals surface area contributed by atoms with Crippen LogP contribution in [0.5, 0.6) is 0 Å². The van der Waals surface area contributed by atoms with Gasteiger partial charge in [0, 0.05) is 66.6 Å². The Morgan fingerprint density at radius 1 is 0.684 bits per heavy atom. The maximum atomic E-state index is 13.0. The Morgan fingerprint density at radius 3 is 1.39 bits per heavy atom. The van der Waals surface area contributed by atoms with Gasteiger partial charge in [0.15, 0.2) is 9.79 Å². The quantitative estimate of drug-likeness (QED) is 0.0599. The molecule has 0 spiro atoms. The predicted molar refractivity (Wildman–Crippen MR) is 165 cm³/mol. The molecule has 0 saturated carbocycles. The first kappa shape index (κ1) is 32.8. The van der Waals surface area contributed by atoms with Crippen molar-refractivity contribution in [2.24, 2.45) is 0 Å². The summed E-state index contributed by atoms with van der Waals surface area (Å²) >= 11 is 5.77. The summed E-state index contributed by atoms with van der Waals surface area (Å²) in [5.41, 5.74) is 0.844. The van der Waals surface area contributed by atoms with Gasteiger partial charge in [0.25, 0.3) is 0 Å². The molecule has 0 radical (unpaired) electrons. The van der Waals surface area contributed by atoms with Gasteiger partial charge in [-0.25, -0.2) is 9.59 Å². The lowest BCUT2D eigenvalue weighted by molar-refractivity contribution is -0.139. The summed E-state index contributed by atoms with van der Waals surface area (Å²) in [6.07, 6.45) is 0. The molecule has 38 heavy (non-hydrogen) atoms. The van der Waals surface area contributed by atoms with Crippen LogP contribution in [0.15, 0.2) is 92.4 Å². The van der Waals surface area contributed by atoms with E-state index in [1.807, 2.05) is 48.5 Å². The zero-order valence-corrected chi connectivity index (χ0v) is 25.9. The van der Waals surface area contributed by atoms with Crippen molar-refractivity contribution < 1.29 is 23.6 Å². The highest BCUT2D eigenvalue weighted by atomic mass is 32.2. The Kier molecular flexibility index (Phi) is 16.2. The molecule has 0 saturated heterocycles. The maximum absolute atomic E-state index is 13.0. The first-order chi connectivity index (χ1) is 18.3. The molecule has 206 valence electrons. The van der Waals surface area contributed by atoms with E-state index in [0.717, 1.165) is 54.1 Å². The Hall–Kier alpha value is -1.43. The van der Waals surface area contributed by atoms with E-state index in [9.17, 15) is 14.1 Å². The number of hydrogen-bond donors (Lipinski definition) is 0. The normalized spacial score (nSPS) is 10.8. The first-order valence-electron chi connectivity index (χ1n) is 12.0. The molecule has 0 aliphatic rings. The van der Waals surface area contributed by atoms with Crippen LogP contribution in [0.3, 0.4) is 0 Å². The van der Waals surface area contributed by atoms with E-state index in [4.69, 9.17) is 9.47 Å². The third-order valence-corrected chi connectivity index (χ3v) is 10.5. The molecule has 0 aliphatic carbocycles. The molecule has 2 aromatic rings. The second kappa shape index (κ2) is 18.8. The number of hydrogen-bond acceptors (Lipinski definition) is 9. The molecule has 0 aliphatic heterocycles. The minimum atomic E-state index is -1.22. The van der Waals surface area contributed by atoms with Crippen LogP contribution in [0, 0.1) is 0 Å². The number of benzene rings is 2. The molecule has 10 heteroatoms. The standard InChI is InChI=1S/C28H34O5S5/c1-21(2)27(29)32-13-15-34-17-19-36-23-5-9-25(10-6-23)38(31)26-11-7-24(8-12-26)37-20-18-35-16-14-33-28(30)22(3)4/h5-12H,1,3,13-20H2,2,4H3. The van der Waals surface area contributed by atoms with E-state index >= 15 is 0 Å². The number of esters is 2. The smallest absolute Gasteiger partial charge is 0.333 e. The summed E-state index contributed by atoms with van der Waals surface area (Å²) in [4.78, 5) is 26.5. The minimum Gasteiger partial charge on any atom is -0.606 e. The molecule has 0 atom stereocenters. The van der Waals surface area contributed by atoms with Gasteiger partial charge >= 0.3 is 11.9 Å². The minimum absolute atomic E-state index is 0.338. The Bertz CT molecular complexity index is 957. The molecule has 0 aromatic heterocycles. The number of carbonyl (C=O) groups excluding carboxylic acids is 2. The topological polar surface area (TPSA) is 75.7 Å². The summed E-state index contributed by atoms with van der Waals surface area (Å²) in [6.45, 7) is 11.2. The van der Waals surface area contributed by atoms with Gasteiger partial charge in [-0.1, -0.05) is 13.2 Å². The second-order valence-electron chi connectivity index (χ2n) is 7.97. The summed E-state index contributed by atoms with van der Waals surface area (Å²) in [7, 11) is 0. The highest BCUT2D eigenvalue weighted by Gasteiger charge is 2.15. The lowest BCUT2D eigenvalue weighted by atomic mass is 10.4. The van der Waals surface area contributed by atoms with E-state index < -0.39 is 11.2 Å². The lowest BCUT2D eigenvalue weighted by Gasteiger charge is -2.11. The van der Waals surface area contributed by atoms with Gasteiger partial charge < -0.3 is 14.0 Å². The Morgan fingerprint density at radius 2 is 1.05 bits per heavy atom. The summed E-state index contributed by atoms with van der Waals surface area (Å²) < 4.78 is 23.1. The zero-order chi connectivity index (χ0) is 27.8. The van der Waals surface area contributed by atoms with Crippen LogP contribution in [0.1, 0.15) is 13.8 Å². The molecule has 2 rings (SSSR count). The van der Waals surface area contributed by atoms with Crippen LogP contribution >= 0.6 is 47.0 Å². The van der Waals surface area contributed by atoms with Gasteiger partial charge in [0.2, 0.25) is 0 Å². The molecular weight excluding hydrogens is 577 g/mol. The van der Waals surface area contributed by atoms with E-state index in [1.54, 1.807) is 60.9 Å². The fourth-order valence-electron chi connectivity index (χ4n) is 2.73. The first-order valence-corrected chi connectivity index (χ1v) is 17.4. The molecule has 5 nitrogen and oxygen atoms in total. The third kappa shape index (κ3) is 13.1. The summed E-state index contributed by atoms with van der Waals surface area (Å²) in [5, 5.41) is 0. The maximum Gasteiger partial charge on any atom is 0.333 e. The van der Waals surface area contributed by atoms with Crippen LogP contribution in [0.4, 0.5) is 0 Å². The van der Waals surface area contributed by atoms with Gasteiger partial charge in [-0.2, -0.15) is 23.5 Å². The van der Waals surface area contributed by atoms with Crippen molar-refractivity contribution in [1.82, 2.24) is 0 Å². The average molecular weight is 611 g/mol. The SMILES string of the molecule is C=C(C)C(=O)OCCSCCSc1ccc([S+]([O-])c2ccc(SCCSCCOC(=O)C(=C)C)cc2)cc1. The van der Waals surface area contributed by atoms with Crippen molar-refractivity contribution in [1.29, 1.82) is 0 Å². The molecule has 0 fully saturated rings. The van der Waals surface area contributed by atoms with Crippen LogP contribution in [0.25, 0.3) is 0 Å². The van der Waals surface area contributed by atoms with Crippen LogP contribution in [-0.2, 0) is 30.2 Å². The average Bonchev–Trinajstić information content (AvgIpc) is 2.91. The van der Waals surface area contributed by atoms with Crippen molar-refractivity contribution >= 4 is 70.2 Å². The second-order valence-corrected chi connectivity index (χ2v) is 14.2. The monoisotopic (exact) mass is 610 g/mol. The van der Waals surface area contributed by atoms with E-state index in [2.05, 4.69) is 13.2 Å². The highest BCUT2D eigenvalue weighted by Crippen LogP contribution is 2.27. The molecule has 0 unspecified atom stereocenters. The predicted octanol–water partition coefficient (Wildman–Crippen LogP) is 6.74. The molecule has 0 heterocycles. The van der Waals surface area contributed by atoms with Gasteiger partial charge in [-0.15, -0.1) is 23.5 Å². The lowest BCUT2D eigenvalue weighted by Crippen LogP contribution is -2.08. The van der Waals surface area contributed by atoms with Gasteiger partial charge in [-0.3, -0.25) is 0 Å². The fourth-order valence-corrected chi connectivity index (χ4v) is 7.32. The summed E-state index contributed by atoms with van der Waals surface area (Å²) in [6, 6.07) is 15.8. The molecular formula is C28H34O5S5. The number of rotatable bonds is 18. The van der Waals surface area contributed by atoms with Crippen molar-refractivity contribution in [3.8, 4) is 0 Å². The van der Waals surface area contributed by atoms with Gasteiger partial charge in [0.05, 0.1) is 0 Å². The van der Waals surface area contributed by atoms with Crippen molar-refractivity contribution in [2.75, 3.05) is 47.7 Å². The van der Waals surface area contributed by atoms with Crippen molar-refractivity contribution in [2.45, 2.75) is 33.4 Å². The van der Waals surface area contributed by atoms with E-state index in [1.165, 1.54) is 0 Å². The Labute approximate surface area is 246 Å².